The summed E-state index contributed by atoms with van der Waals surface area (Å²) in [6, 6.07) is 13.6. The molecule has 0 fully saturated rings. The van der Waals surface area contributed by atoms with Crippen molar-refractivity contribution in [2.24, 2.45) is 0 Å². The van der Waals surface area contributed by atoms with Gasteiger partial charge in [0.1, 0.15) is 12.4 Å². The average molecular weight is 374 g/mol. The molecule has 2 aromatic carbocycles. The van der Waals surface area contributed by atoms with Crippen LogP contribution in [-0.4, -0.2) is 25.9 Å². The second-order valence-corrected chi connectivity index (χ2v) is 7.82. The molecule has 1 aliphatic heterocycles. The van der Waals surface area contributed by atoms with Gasteiger partial charge in [-0.3, -0.25) is 9.10 Å². The van der Waals surface area contributed by atoms with Crippen LogP contribution in [0.1, 0.15) is 0 Å². The van der Waals surface area contributed by atoms with Crippen LogP contribution in [0.5, 0.6) is 0 Å². The van der Waals surface area contributed by atoms with E-state index in [2.05, 4.69) is 10.3 Å². The van der Waals surface area contributed by atoms with Gasteiger partial charge in [-0.25, -0.2) is 13.4 Å². The molecule has 0 atom stereocenters. The average Bonchev–Trinajstić information content (AvgIpc) is 2.81. The normalized spacial score (nSPS) is 14.7. The molecule has 0 saturated heterocycles. The highest BCUT2D eigenvalue weighted by Gasteiger charge is 2.36. The zero-order valence-corrected chi connectivity index (χ0v) is 14.4. The lowest BCUT2D eigenvalue weighted by Crippen LogP contribution is -2.35. The maximum atomic E-state index is 12.8. The van der Waals surface area contributed by atoms with Gasteiger partial charge in [0.2, 0.25) is 5.91 Å². The van der Waals surface area contributed by atoms with E-state index in [-0.39, 0.29) is 11.4 Å². The maximum Gasteiger partial charge on any atom is 0.265 e. The third-order valence-corrected chi connectivity index (χ3v) is 5.99. The Kier molecular flexibility index (Phi) is 3.63. The van der Waals surface area contributed by atoms with E-state index in [4.69, 9.17) is 11.6 Å². The molecule has 3 aromatic rings. The van der Waals surface area contributed by atoms with Crippen molar-refractivity contribution < 1.29 is 13.2 Å². The van der Waals surface area contributed by atoms with Crippen molar-refractivity contribution in [3.8, 4) is 0 Å². The van der Waals surface area contributed by atoms with E-state index in [1.54, 1.807) is 36.4 Å². The van der Waals surface area contributed by atoms with Crippen LogP contribution in [-0.2, 0) is 14.8 Å². The van der Waals surface area contributed by atoms with Gasteiger partial charge in [-0.2, -0.15) is 0 Å². The van der Waals surface area contributed by atoms with Gasteiger partial charge in [0.05, 0.1) is 15.6 Å². The van der Waals surface area contributed by atoms with Crippen LogP contribution in [0.2, 0.25) is 5.02 Å². The van der Waals surface area contributed by atoms with Gasteiger partial charge in [-0.1, -0.05) is 35.9 Å². The molecule has 0 bridgehead atoms. The first-order valence-electron chi connectivity index (χ1n) is 7.43. The Bertz CT molecular complexity index is 1090. The highest BCUT2D eigenvalue weighted by molar-refractivity contribution is 7.93. The summed E-state index contributed by atoms with van der Waals surface area (Å²) in [6.45, 7) is -0.333. The zero-order valence-electron chi connectivity index (χ0n) is 12.8. The van der Waals surface area contributed by atoms with Crippen molar-refractivity contribution >= 4 is 49.8 Å². The summed E-state index contributed by atoms with van der Waals surface area (Å²) in [4.78, 5) is 16.5. The Morgan fingerprint density at radius 1 is 1.12 bits per heavy atom. The lowest BCUT2D eigenvalue weighted by atomic mass is 10.1. The standard InChI is InChI=1S/C17H12ClN3O3S/c18-12-7-8-15(19-9-12)20-16(22)10-21-13-5-1-3-11-4-2-6-14(17(11)13)25(21,23)24/h1-9H,10H2,(H,19,20,22). The van der Waals surface area contributed by atoms with E-state index >= 15 is 0 Å². The molecule has 0 saturated carbocycles. The van der Waals surface area contributed by atoms with E-state index in [1.165, 1.54) is 6.20 Å². The Morgan fingerprint density at radius 2 is 1.88 bits per heavy atom. The number of nitrogens with one attached hydrogen (secondary N) is 1. The predicted molar refractivity (Wildman–Crippen MR) is 96.4 cm³/mol. The fourth-order valence-corrected chi connectivity index (χ4v) is 4.67. The molecule has 8 heteroatoms. The number of halogens is 1. The summed E-state index contributed by atoms with van der Waals surface area (Å²) in [6.07, 6.45) is 1.40. The second-order valence-electron chi connectivity index (χ2n) is 5.55. The molecule has 25 heavy (non-hydrogen) atoms. The van der Waals surface area contributed by atoms with Crippen LogP contribution in [0.4, 0.5) is 11.5 Å². The first kappa shape index (κ1) is 15.9. The number of benzene rings is 2. The molecular weight excluding hydrogens is 362 g/mol. The summed E-state index contributed by atoms with van der Waals surface area (Å²) in [5.74, 6) is -0.176. The van der Waals surface area contributed by atoms with Gasteiger partial charge >= 0.3 is 0 Å². The van der Waals surface area contributed by atoms with Crippen molar-refractivity contribution in [3.05, 3.63) is 59.8 Å². The van der Waals surface area contributed by atoms with Crippen molar-refractivity contribution in [3.63, 3.8) is 0 Å². The topological polar surface area (TPSA) is 79.4 Å². The lowest BCUT2D eigenvalue weighted by molar-refractivity contribution is -0.114. The quantitative estimate of drug-likeness (QED) is 0.765. The Labute approximate surface area is 149 Å². The molecule has 1 aromatic heterocycles. The number of hydrogen-bond donors (Lipinski definition) is 1. The first-order valence-corrected chi connectivity index (χ1v) is 9.24. The predicted octanol–water partition coefficient (Wildman–Crippen LogP) is 3.04. The molecule has 6 nitrogen and oxygen atoms in total. The monoisotopic (exact) mass is 373 g/mol. The van der Waals surface area contributed by atoms with E-state index in [0.29, 0.717) is 21.9 Å². The molecular formula is C17H12ClN3O3S. The van der Waals surface area contributed by atoms with Gasteiger partial charge in [0.25, 0.3) is 10.0 Å². The molecule has 0 spiro atoms. The van der Waals surface area contributed by atoms with Crippen molar-refractivity contribution in [2.45, 2.75) is 4.90 Å². The summed E-state index contributed by atoms with van der Waals surface area (Å²) in [5, 5.41) is 4.49. The van der Waals surface area contributed by atoms with Gasteiger partial charge in [-0.05, 0) is 29.7 Å². The molecule has 0 aliphatic carbocycles. The first-order chi connectivity index (χ1) is 12.0. The number of sulfonamides is 1. The number of aromatic nitrogens is 1. The van der Waals surface area contributed by atoms with Crippen LogP contribution in [0.15, 0.2) is 59.6 Å². The van der Waals surface area contributed by atoms with Crippen molar-refractivity contribution in [2.75, 3.05) is 16.2 Å². The molecule has 126 valence electrons. The smallest absolute Gasteiger partial charge is 0.265 e. The van der Waals surface area contributed by atoms with Crippen molar-refractivity contribution in [1.29, 1.82) is 0 Å². The third kappa shape index (κ3) is 2.61. The molecule has 1 amide bonds. The van der Waals surface area contributed by atoms with Gasteiger partial charge in [0.15, 0.2) is 0 Å². The van der Waals surface area contributed by atoms with Gasteiger partial charge in [-0.15, -0.1) is 0 Å². The van der Waals surface area contributed by atoms with E-state index in [0.717, 1.165) is 9.69 Å². The zero-order chi connectivity index (χ0) is 17.6. The molecule has 2 heterocycles. The molecule has 1 aliphatic rings. The lowest BCUT2D eigenvalue weighted by Gasteiger charge is -2.18. The number of amides is 1. The highest BCUT2D eigenvalue weighted by Crippen LogP contribution is 2.41. The third-order valence-electron chi connectivity index (χ3n) is 3.96. The van der Waals surface area contributed by atoms with Crippen LogP contribution < -0.4 is 9.62 Å². The number of anilines is 2. The minimum Gasteiger partial charge on any atom is -0.309 e. The minimum atomic E-state index is -3.76. The summed E-state index contributed by atoms with van der Waals surface area (Å²) in [5.41, 5.74) is 0.507. The van der Waals surface area contributed by atoms with E-state index in [9.17, 15) is 13.2 Å². The Hall–Kier alpha value is -2.64. The number of nitrogens with zero attached hydrogens (tertiary/aromatic N) is 2. The van der Waals surface area contributed by atoms with Crippen LogP contribution in [0, 0.1) is 0 Å². The van der Waals surface area contributed by atoms with Crippen molar-refractivity contribution in [1.82, 2.24) is 4.98 Å². The Balaban J connectivity index is 1.66. The fraction of sp³-hybridized carbons (Fsp3) is 0.0588. The van der Waals surface area contributed by atoms with Crippen LogP contribution in [0.25, 0.3) is 10.8 Å². The number of carbonyl (C=O) groups excluding carboxylic acids is 1. The van der Waals surface area contributed by atoms with Gasteiger partial charge < -0.3 is 5.32 Å². The number of pyridine rings is 1. The summed E-state index contributed by atoms with van der Waals surface area (Å²) < 4.78 is 26.7. The molecule has 0 radical (unpaired) electrons. The second kappa shape index (κ2) is 5.72. The largest absolute Gasteiger partial charge is 0.309 e. The maximum absolute atomic E-state index is 12.8. The molecule has 1 N–H and O–H groups in total. The summed E-state index contributed by atoms with van der Waals surface area (Å²) >= 11 is 5.76. The fourth-order valence-electron chi connectivity index (χ4n) is 2.89. The van der Waals surface area contributed by atoms with E-state index < -0.39 is 15.9 Å². The molecule has 0 unspecified atom stereocenters. The van der Waals surface area contributed by atoms with Crippen LogP contribution >= 0.6 is 11.6 Å². The highest BCUT2D eigenvalue weighted by atomic mass is 35.5. The minimum absolute atomic E-state index is 0.220. The number of rotatable bonds is 3. The number of hydrogen-bond acceptors (Lipinski definition) is 4. The van der Waals surface area contributed by atoms with Gasteiger partial charge in [0, 0.05) is 11.6 Å². The SMILES string of the molecule is O=C(CN1c2cccc3cccc(c23)S1(=O)=O)Nc1ccc(Cl)cn1. The van der Waals surface area contributed by atoms with Crippen LogP contribution in [0.3, 0.4) is 0 Å². The molecule has 4 rings (SSSR count). The number of carbonyl (C=O) groups is 1. The Morgan fingerprint density at radius 3 is 2.60 bits per heavy atom. The summed E-state index contributed by atoms with van der Waals surface area (Å²) in [7, 11) is -3.76. The van der Waals surface area contributed by atoms with E-state index in [1.807, 2.05) is 12.1 Å².